The van der Waals surface area contributed by atoms with Crippen LogP contribution in [0.15, 0.2) is 89.1 Å². The van der Waals surface area contributed by atoms with Crippen molar-refractivity contribution < 1.29 is 9.26 Å². The number of aryl methyl sites for hydroxylation is 1. The first-order chi connectivity index (χ1) is 17.0. The third-order valence-corrected chi connectivity index (χ3v) is 6.50. The largest absolute Gasteiger partial charge is 0.497 e. The van der Waals surface area contributed by atoms with Gasteiger partial charge in [0.15, 0.2) is 5.11 Å². The third-order valence-electron chi connectivity index (χ3n) is 6.16. The molecule has 0 radical (unpaired) electrons. The van der Waals surface area contributed by atoms with Crippen molar-refractivity contribution in [1.82, 2.24) is 20.4 Å². The number of thiocarbonyl (C=S) groups is 1. The SMILES string of the molecule is COc1ccc(C2NC(=S)N(Cc3ccccc3)C(C)=C2c2nc(-c3cccc(C)c3)no2)cc1. The summed E-state index contributed by atoms with van der Waals surface area (Å²) in [4.78, 5) is 6.88. The Morgan fingerprint density at radius 1 is 1.00 bits per heavy atom. The number of methoxy groups -OCH3 is 1. The first kappa shape index (κ1) is 22.8. The molecule has 1 unspecified atom stereocenters. The summed E-state index contributed by atoms with van der Waals surface area (Å²) in [7, 11) is 1.66. The number of benzene rings is 3. The molecule has 4 aromatic rings. The summed E-state index contributed by atoms with van der Waals surface area (Å²) < 4.78 is 11.2. The standard InChI is InChI=1S/C28H26N4O2S/c1-18-8-7-11-22(16-18)26-30-27(34-31-26)24-19(2)32(17-20-9-5-4-6-10-20)28(35)29-25(24)21-12-14-23(33-3)15-13-21/h4-16,25H,17H2,1-3H3,(H,29,35). The summed E-state index contributed by atoms with van der Waals surface area (Å²) in [6.07, 6.45) is 0. The number of nitrogens with one attached hydrogen (secondary N) is 1. The third kappa shape index (κ3) is 4.68. The lowest BCUT2D eigenvalue weighted by Gasteiger charge is -2.37. The van der Waals surface area contributed by atoms with Gasteiger partial charge < -0.3 is 19.5 Å². The van der Waals surface area contributed by atoms with Gasteiger partial charge in [0.1, 0.15) is 5.75 Å². The topological polar surface area (TPSA) is 63.4 Å². The van der Waals surface area contributed by atoms with Gasteiger partial charge in [-0.3, -0.25) is 0 Å². The lowest BCUT2D eigenvalue weighted by Crippen LogP contribution is -2.45. The predicted octanol–water partition coefficient (Wildman–Crippen LogP) is 5.92. The molecule has 6 nitrogen and oxygen atoms in total. The minimum absolute atomic E-state index is 0.244. The van der Waals surface area contributed by atoms with Crippen LogP contribution in [0.2, 0.25) is 0 Å². The first-order valence-electron chi connectivity index (χ1n) is 11.4. The highest BCUT2D eigenvalue weighted by molar-refractivity contribution is 7.80. The van der Waals surface area contributed by atoms with Crippen LogP contribution in [-0.2, 0) is 6.54 Å². The molecule has 0 aliphatic carbocycles. The summed E-state index contributed by atoms with van der Waals surface area (Å²) in [6.45, 7) is 4.74. The molecule has 0 fully saturated rings. The van der Waals surface area contributed by atoms with E-state index < -0.39 is 0 Å². The number of aromatic nitrogens is 2. The molecule has 1 aliphatic heterocycles. The van der Waals surface area contributed by atoms with E-state index in [4.69, 9.17) is 26.5 Å². The summed E-state index contributed by atoms with van der Waals surface area (Å²) in [5.74, 6) is 1.81. The number of hydrogen-bond donors (Lipinski definition) is 1. The Hall–Kier alpha value is -3.97. The van der Waals surface area contributed by atoms with Crippen LogP contribution in [0.3, 0.4) is 0 Å². The Balaban J connectivity index is 1.59. The van der Waals surface area contributed by atoms with E-state index in [1.807, 2.05) is 73.7 Å². The minimum Gasteiger partial charge on any atom is -0.497 e. The van der Waals surface area contributed by atoms with E-state index >= 15 is 0 Å². The maximum absolute atomic E-state index is 5.85. The highest BCUT2D eigenvalue weighted by Gasteiger charge is 2.34. The fourth-order valence-electron chi connectivity index (χ4n) is 4.30. The number of rotatable bonds is 6. The molecule has 1 atom stereocenters. The molecule has 0 spiro atoms. The van der Waals surface area contributed by atoms with E-state index in [1.165, 1.54) is 0 Å². The van der Waals surface area contributed by atoms with Gasteiger partial charge in [-0.15, -0.1) is 0 Å². The minimum atomic E-state index is -0.244. The van der Waals surface area contributed by atoms with Crippen LogP contribution in [0.4, 0.5) is 0 Å². The van der Waals surface area contributed by atoms with E-state index in [1.54, 1.807) is 7.11 Å². The van der Waals surface area contributed by atoms with Crippen molar-refractivity contribution in [3.63, 3.8) is 0 Å². The highest BCUT2D eigenvalue weighted by atomic mass is 32.1. The lowest BCUT2D eigenvalue weighted by molar-refractivity contribution is 0.396. The lowest BCUT2D eigenvalue weighted by atomic mass is 9.94. The number of hydrogen-bond acceptors (Lipinski definition) is 5. The summed E-state index contributed by atoms with van der Waals surface area (Å²) >= 11 is 5.82. The van der Waals surface area contributed by atoms with Gasteiger partial charge in [-0.2, -0.15) is 4.98 Å². The molecule has 2 heterocycles. The van der Waals surface area contributed by atoms with Gasteiger partial charge in [-0.05, 0) is 55.4 Å². The van der Waals surface area contributed by atoms with Crippen molar-refractivity contribution >= 4 is 22.9 Å². The van der Waals surface area contributed by atoms with Gasteiger partial charge in [-0.1, -0.05) is 71.4 Å². The summed E-state index contributed by atoms with van der Waals surface area (Å²) in [5.41, 5.74) is 6.10. The molecular formula is C28H26N4O2S. The van der Waals surface area contributed by atoms with Gasteiger partial charge in [0.05, 0.1) is 18.7 Å². The van der Waals surface area contributed by atoms with E-state index in [0.29, 0.717) is 23.4 Å². The van der Waals surface area contributed by atoms with Crippen LogP contribution >= 0.6 is 12.2 Å². The Morgan fingerprint density at radius 3 is 2.49 bits per heavy atom. The van der Waals surface area contributed by atoms with Gasteiger partial charge in [0.25, 0.3) is 5.89 Å². The fourth-order valence-corrected chi connectivity index (χ4v) is 4.61. The molecule has 0 saturated carbocycles. The normalized spacial score (nSPS) is 15.8. The van der Waals surface area contributed by atoms with Crippen molar-refractivity contribution in [3.05, 3.63) is 107 Å². The monoisotopic (exact) mass is 482 g/mol. The average Bonchev–Trinajstić information content (AvgIpc) is 3.37. The number of nitrogens with zero attached hydrogens (tertiary/aromatic N) is 3. The maximum Gasteiger partial charge on any atom is 0.258 e. The van der Waals surface area contributed by atoms with Gasteiger partial charge in [-0.25, -0.2) is 0 Å². The molecule has 1 N–H and O–H groups in total. The van der Waals surface area contributed by atoms with E-state index in [0.717, 1.165) is 39.3 Å². The Kier molecular flexibility index (Phi) is 6.33. The predicted molar refractivity (Wildman–Crippen MR) is 141 cm³/mol. The Morgan fingerprint density at radius 2 is 1.77 bits per heavy atom. The van der Waals surface area contributed by atoms with E-state index in [-0.39, 0.29) is 6.04 Å². The molecule has 1 aromatic heterocycles. The van der Waals surface area contributed by atoms with Crippen LogP contribution in [-0.4, -0.2) is 27.3 Å². The van der Waals surface area contributed by atoms with Gasteiger partial charge >= 0.3 is 0 Å². The second kappa shape index (κ2) is 9.72. The summed E-state index contributed by atoms with van der Waals surface area (Å²) in [5, 5.41) is 8.46. The van der Waals surface area contributed by atoms with Crippen LogP contribution in [0.25, 0.3) is 17.0 Å². The second-order valence-electron chi connectivity index (χ2n) is 8.52. The molecule has 0 bridgehead atoms. The zero-order valence-corrected chi connectivity index (χ0v) is 20.7. The molecule has 7 heteroatoms. The molecule has 1 aliphatic rings. The molecule has 176 valence electrons. The molecule has 3 aromatic carbocycles. The zero-order valence-electron chi connectivity index (χ0n) is 19.9. The number of ether oxygens (including phenoxy) is 1. The van der Waals surface area contributed by atoms with Crippen molar-refractivity contribution in [1.29, 1.82) is 0 Å². The Labute approximate surface area is 210 Å². The highest BCUT2D eigenvalue weighted by Crippen LogP contribution is 2.38. The summed E-state index contributed by atoms with van der Waals surface area (Å²) in [6, 6.07) is 26.0. The number of allylic oxidation sites excluding steroid dienone is 1. The van der Waals surface area contributed by atoms with Crippen molar-refractivity contribution in [2.75, 3.05) is 7.11 Å². The van der Waals surface area contributed by atoms with Crippen molar-refractivity contribution in [2.24, 2.45) is 0 Å². The first-order valence-corrected chi connectivity index (χ1v) is 11.8. The molecule has 0 amide bonds. The quantitative estimate of drug-likeness (QED) is 0.343. The van der Waals surface area contributed by atoms with E-state index in [2.05, 4.69) is 34.4 Å². The van der Waals surface area contributed by atoms with Crippen molar-refractivity contribution in [3.8, 4) is 17.1 Å². The van der Waals surface area contributed by atoms with E-state index in [9.17, 15) is 0 Å². The maximum atomic E-state index is 5.85. The average molecular weight is 483 g/mol. The molecule has 35 heavy (non-hydrogen) atoms. The van der Waals surface area contributed by atoms with Crippen molar-refractivity contribution in [2.45, 2.75) is 26.4 Å². The van der Waals surface area contributed by atoms with Crippen LogP contribution in [0, 0.1) is 6.92 Å². The zero-order chi connectivity index (χ0) is 24.4. The Bertz CT molecular complexity index is 1380. The second-order valence-corrected chi connectivity index (χ2v) is 8.91. The van der Waals surface area contributed by atoms with Crippen LogP contribution < -0.4 is 10.1 Å². The fraction of sp³-hybridized carbons (Fsp3) is 0.179. The smallest absolute Gasteiger partial charge is 0.258 e. The van der Waals surface area contributed by atoms with Gasteiger partial charge in [0, 0.05) is 17.8 Å². The van der Waals surface area contributed by atoms with Crippen LogP contribution in [0.1, 0.15) is 35.5 Å². The molecular weight excluding hydrogens is 456 g/mol. The van der Waals surface area contributed by atoms with Crippen LogP contribution in [0.5, 0.6) is 5.75 Å². The van der Waals surface area contributed by atoms with Gasteiger partial charge in [0.2, 0.25) is 5.82 Å². The molecule has 5 rings (SSSR count). The molecule has 0 saturated heterocycles.